The van der Waals surface area contributed by atoms with Crippen LogP contribution in [0.15, 0.2) is 36.9 Å². The molecule has 0 atom stereocenters. The molecule has 22 heavy (non-hydrogen) atoms. The van der Waals surface area contributed by atoms with Crippen LogP contribution in [0.1, 0.15) is 73.2 Å². The van der Waals surface area contributed by atoms with E-state index in [-0.39, 0.29) is 0 Å². The van der Waals surface area contributed by atoms with Crippen molar-refractivity contribution in [1.29, 1.82) is 0 Å². The Morgan fingerprint density at radius 2 is 1.73 bits per heavy atom. The molecule has 0 aromatic carbocycles. The molecule has 0 bridgehead atoms. The molecule has 1 aromatic heterocycles. The summed E-state index contributed by atoms with van der Waals surface area (Å²) >= 11 is 0. The van der Waals surface area contributed by atoms with Crippen molar-refractivity contribution in [2.75, 3.05) is 0 Å². The Morgan fingerprint density at radius 3 is 2.14 bits per heavy atom. The van der Waals surface area contributed by atoms with Crippen LogP contribution in [0.3, 0.4) is 0 Å². The highest BCUT2D eigenvalue weighted by Gasteiger charge is 2.05. The Balaban J connectivity index is -0.000000535. The van der Waals surface area contributed by atoms with Crippen LogP contribution >= 0.6 is 0 Å². The van der Waals surface area contributed by atoms with Gasteiger partial charge in [0.15, 0.2) is 0 Å². The summed E-state index contributed by atoms with van der Waals surface area (Å²) in [5.41, 5.74) is 3.45. The quantitative estimate of drug-likeness (QED) is 0.560. The first-order valence-electron chi connectivity index (χ1n) is 8.71. The van der Waals surface area contributed by atoms with Gasteiger partial charge in [-0.3, -0.25) is 4.68 Å². The third-order valence-electron chi connectivity index (χ3n) is 2.50. The molecule has 1 heterocycles. The molecule has 0 radical (unpaired) electrons. The summed E-state index contributed by atoms with van der Waals surface area (Å²) in [7, 11) is 2.00. The smallest absolute Gasteiger partial charge is 0.0922 e. The van der Waals surface area contributed by atoms with Gasteiger partial charge < -0.3 is 0 Å². The van der Waals surface area contributed by atoms with Crippen molar-refractivity contribution in [2.45, 2.75) is 68.2 Å². The Hall–Kier alpha value is -1.57. The molecule has 2 nitrogen and oxygen atoms in total. The van der Waals surface area contributed by atoms with E-state index in [1.165, 1.54) is 5.69 Å². The van der Waals surface area contributed by atoms with Crippen LogP contribution in [0.25, 0.3) is 5.57 Å². The van der Waals surface area contributed by atoms with Crippen molar-refractivity contribution in [3.05, 3.63) is 48.3 Å². The Bertz CT molecular complexity index is 409. The lowest BCUT2D eigenvalue weighted by Crippen LogP contribution is -1.97. The number of aromatic nitrogens is 2. The molecule has 2 heteroatoms. The molecule has 1 aromatic rings. The van der Waals surface area contributed by atoms with Crippen molar-refractivity contribution >= 4 is 5.57 Å². The van der Waals surface area contributed by atoms with E-state index in [9.17, 15) is 0 Å². The van der Waals surface area contributed by atoms with Gasteiger partial charge in [-0.1, -0.05) is 85.8 Å². The maximum atomic E-state index is 4.52. The zero-order valence-electron chi connectivity index (χ0n) is 16.4. The molecule has 0 spiro atoms. The molecule has 128 valence electrons. The lowest BCUT2D eigenvalue weighted by molar-refractivity contribution is 0.696. The van der Waals surface area contributed by atoms with Crippen LogP contribution in [-0.2, 0) is 13.5 Å². The lowest BCUT2D eigenvalue weighted by Gasteiger charge is -1.96. The molecule has 0 saturated heterocycles. The van der Waals surface area contributed by atoms with Gasteiger partial charge in [-0.2, -0.15) is 5.10 Å². The van der Waals surface area contributed by atoms with E-state index in [0.29, 0.717) is 0 Å². The second-order valence-electron chi connectivity index (χ2n) is 3.73. The minimum absolute atomic E-state index is 1.03. The Kier molecular flexibility index (Phi) is 22.4. The monoisotopic (exact) mass is 306 g/mol. The van der Waals surface area contributed by atoms with Crippen molar-refractivity contribution in [3.8, 4) is 0 Å². The summed E-state index contributed by atoms with van der Waals surface area (Å²) in [5, 5.41) is 4.52. The van der Waals surface area contributed by atoms with Gasteiger partial charge in [0.2, 0.25) is 0 Å². The molecule has 0 aliphatic heterocycles. The van der Waals surface area contributed by atoms with E-state index in [1.54, 1.807) is 6.08 Å². The van der Waals surface area contributed by atoms with Crippen LogP contribution in [-0.4, -0.2) is 9.78 Å². The van der Waals surface area contributed by atoms with E-state index in [0.717, 1.165) is 24.1 Å². The second kappa shape index (κ2) is 19.4. The molecule has 0 aliphatic carbocycles. The van der Waals surface area contributed by atoms with Crippen molar-refractivity contribution in [3.63, 3.8) is 0 Å². The standard InChI is InChI=1S/C14H20N2.3C2H6/c1-5-8-10-12(7-3)14-11-13(9-6-2)16(4)15-14;3*1-2/h5,7-8,10-11H,1,6,9H2,2-4H3;3*1-2H3/b10-8-,12-7+;;;. The number of allylic oxidation sites excluding steroid dienone is 5. The van der Waals surface area contributed by atoms with Crippen molar-refractivity contribution in [2.24, 2.45) is 7.05 Å². The molecular weight excluding hydrogens is 268 g/mol. The van der Waals surface area contributed by atoms with Crippen LogP contribution in [0.4, 0.5) is 0 Å². The van der Waals surface area contributed by atoms with Crippen LogP contribution in [0.2, 0.25) is 0 Å². The zero-order valence-corrected chi connectivity index (χ0v) is 16.4. The summed E-state index contributed by atoms with van der Waals surface area (Å²) < 4.78 is 1.96. The molecule has 0 aliphatic rings. The molecule has 0 amide bonds. The van der Waals surface area contributed by atoms with Gasteiger partial charge in [0.25, 0.3) is 0 Å². The van der Waals surface area contributed by atoms with Gasteiger partial charge in [0.05, 0.1) is 5.69 Å². The minimum Gasteiger partial charge on any atom is -0.272 e. The van der Waals surface area contributed by atoms with Crippen molar-refractivity contribution in [1.82, 2.24) is 9.78 Å². The molecule has 0 fully saturated rings. The van der Waals surface area contributed by atoms with Gasteiger partial charge >= 0.3 is 0 Å². The highest BCUT2D eigenvalue weighted by molar-refractivity contribution is 5.71. The fourth-order valence-electron chi connectivity index (χ4n) is 1.64. The van der Waals surface area contributed by atoms with E-state index in [1.807, 2.05) is 72.3 Å². The predicted molar refractivity (Wildman–Crippen MR) is 104 cm³/mol. The summed E-state index contributed by atoms with van der Waals surface area (Å²) in [4.78, 5) is 0. The number of aryl methyl sites for hydroxylation is 2. The molecule has 0 saturated carbocycles. The number of rotatable bonds is 5. The van der Waals surface area contributed by atoms with Gasteiger partial charge in [-0.25, -0.2) is 0 Å². The predicted octanol–water partition coefficient (Wildman–Crippen LogP) is 6.60. The first-order valence-corrected chi connectivity index (χ1v) is 8.71. The fourth-order valence-corrected chi connectivity index (χ4v) is 1.64. The van der Waals surface area contributed by atoms with Gasteiger partial charge in [0, 0.05) is 12.7 Å². The maximum Gasteiger partial charge on any atom is 0.0922 e. The minimum atomic E-state index is 1.03. The molecular formula is C20H38N2. The number of hydrogen-bond acceptors (Lipinski definition) is 1. The summed E-state index contributed by atoms with van der Waals surface area (Å²) in [5.74, 6) is 0. The van der Waals surface area contributed by atoms with Gasteiger partial charge in [0.1, 0.15) is 0 Å². The molecule has 1 rings (SSSR count). The van der Waals surface area contributed by atoms with Crippen molar-refractivity contribution < 1.29 is 0 Å². The van der Waals surface area contributed by atoms with Gasteiger partial charge in [-0.05, 0) is 25.0 Å². The van der Waals surface area contributed by atoms with Crippen LogP contribution < -0.4 is 0 Å². The lowest BCUT2D eigenvalue weighted by atomic mass is 10.1. The SMILES string of the molecule is C=C/C=C\C(=C/C)c1cc(CCC)n(C)n1.CC.CC.CC. The average Bonchev–Trinajstić information content (AvgIpc) is 2.95. The number of nitrogens with zero attached hydrogens (tertiary/aromatic N) is 2. The second-order valence-corrected chi connectivity index (χ2v) is 3.73. The number of hydrogen-bond donors (Lipinski definition) is 0. The van der Waals surface area contributed by atoms with Crippen LogP contribution in [0.5, 0.6) is 0 Å². The normalized spacial score (nSPS) is 9.77. The van der Waals surface area contributed by atoms with E-state index >= 15 is 0 Å². The zero-order chi connectivity index (χ0) is 18.0. The van der Waals surface area contributed by atoms with E-state index < -0.39 is 0 Å². The Labute approximate surface area is 139 Å². The topological polar surface area (TPSA) is 17.8 Å². The highest BCUT2D eigenvalue weighted by atomic mass is 15.3. The molecule has 0 unspecified atom stereocenters. The Morgan fingerprint density at radius 1 is 1.18 bits per heavy atom. The summed E-state index contributed by atoms with van der Waals surface area (Å²) in [6, 6.07) is 2.16. The third kappa shape index (κ3) is 10.2. The van der Waals surface area contributed by atoms with Crippen LogP contribution in [0, 0.1) is 0 Å². The first kappa shape index (κ1) is 25.4. The third-order valence-corrected chi connectivity index (χ3v) is 2.50. The average molecular weight is 307 g/mol. The highest BCUT2D eigenvalue weighted by Crippen LogP contribution is 2.16. The molecule has 0 N–H and O–H groups in total. The first-order chi connectivity index (χ1) is 10.7. The van der Waals surface area contributed by atoms with Gasteiger partial charge in [-0.15, -0.1) is 0 Å². The largest absolute Gasteiger partial charge is 0.272 e. The fraction of sp³-hybridized carbons (Fsp3) is 0.550. The summed E-state index contributed by atoms with van der Waals surface area (Å²) in [6.07, 6.45) is 10.0. The summed E-state index contributed by atoms with van der Waals surface area (Å²) in [6.45, 7) is 19.9. The van der Waals surface area contributed by atoms with E-state index in [4.69, 9.17) is 0 Å². The maximum absolute atomic E-state index is 4.52. The van der Waals surface area contributed by atoms with E-state index in [2.05, 4.69) is 30.7 Å².